The van der Waals surface area contributed by atoms with Gasteiger partial charge in [0.05, 0.1) is 34.5 Å². The Morgan fingerprint density at radius 1 is 1.09 bits per heavy atom. The van der Waals surface area contributed by atoms with Gasteiger partial charge in [-0.05, 0) is 67.6 Å². The lowest BCUT2D eigenvalue weighted by Gasteiger charge is -2.39. The number of esters is 1. The molecule has 1 aliphatic heterocycles. The van der Waals surface area contributed by atoms with Gasteiger partial charge in [-0.2, -0.15) is 0 Å². The van der Waals surface area contributed by atoms with Crippen molar-refractivity contribution >= 4 is 51.9 Å². The molecule has 43 heavy (non-hydrogen) atoms. The number of carbonyl (C=O) groups excluding carboxylic acids is 2. The third-order valence-electron chi connectivity index (χ3n) is 7.14. The Hall–Kier alpha value is -4.61. The highest BCUT2D eigenvalue weighted by molar-refractivity contribution is 7.12. The van der Waals surface area contributed by atoms with Gasteiger partial charge in [0.15, 0.2) is 0 Å². The number of hydrogen-bond acceptors (Lipinski definition) is 9. The number of likely N-dealkylation sites (N-methyl/N-ethyl adjacent to an activating group) is 1. The molecule has 1 aliphatic rings. The van der Waals surface area contributed by atoms with Gasteiger partial charge in [-0.3, -0.25) is 14.9 Å². The number of halogens is 1. The first-order valence-corrected chi connectivity index (χ1v) is 14.4. The van der Waals surface area contributed by atoms with Crippen molar-refractivity contribution in [2.45, 2.75) is 32.9 Å². The summed E-state index contributed by atoms with van der Waals surface area (Å²) in [6.45, 7) is 5.39. The maximum atomic E-state index is 13.3. The summed E-state index contributed by atoms with van der Waals surface area (Å²) in [6, 6.07) is 14.8. The molecule has 4 aromatic rings. The van der Waals surface area contributed by atoms with Gasteiger partial charge >= 0.3 is 5.97 Å². The SMILES string of the molecule is COc1cc(OC(=O)c2sccc2Cl)ccc1-c1ccc2c(c1COc1cc([N+](=O)[O-])ccc1C)N(C)C(=O)C(C)(C)N2. The lowest BCUT2D eigenvalue weighted by Crippen LogP contribution is -2.52. The molecule has 1 N–H and O–H groups in total. The molecule has 1 aromatic heterocycles. The lowest BCUT2D eigenvalue weighted by atomic mass is 9.91. The number of anilines is 2. The Bertz CT molecular complexity index is 1770. The van der Waals surface area contributed by atoms with E-state index in [2.05, 4.69) is 5.32 Å². The van der Waals surface area contributed by atoms with Crippen molar-refractivity contribution in [3.8, 4) is 28.4 Å². The van der Waals surface area contributed by atoms with Crippen LogP contribution < -0.4 is 24.4 Å². The highest BCUT2D eigenvalue weighted by Crippen LogP contribution is 2.45. The van der Waals surface area contributed by atoms with Crippen LogP contribution in [-0.2, 0) is 11.4 Å². The van der Waals surface area contributed by atoms with Gasteiger partial charge < -0.3 is 24.4 Å². The normalized spacial score (nSPS) is 13.6. The number of hydrogen-bond donors (Lipinski definition) is 1. The molecule has 0 saturated heterocycles. The van der Waals surface area contributed by atoms with Gasteiger partial charge in [0.2, 0.25) is 0 Å². The molecule has 0 fully saturated rings. The zero-order chi connectivity index (χ0) is 31.1. The van der Waals surface area contributed by atoms with E-state index in [1.807, 2.05) is 12.1 Å². The quantitative estimate of drug-likeness (QED) is 0.0944. The van der Waals surface area contributed by atoms with Gasteiger partial charge in [0, 0.05) is 30.3 Å². The first-order chi connectivity index (χ1) is 20.4. The summed E-state index contributed by atoms with van der Waals surface area (Å²) in [7, 11) is 3.20. The number of amides is 1. The van der Waals surface area contributed by atoms with Crippen molar-refractivity contribution in [2.24, 2.45) is 0 Å². The molecule has 0 aliphatic carbocycles. The maximum absolute atomic E-state index is 13.3. The van der Waals surface area contributed by atoms with E-state index >= 15 is 0 Å². The first kappa shape index (κ1) is 29.9. The third-order valence-corrected chi connectivity index (χ3v) is 8.46. The predicted molar refractivity (Wildman–Crippen MR) is 166 cm³/mol. The van der Waals surface area contributed by atoms with Crippen LogP contribution in [0.1, 0.15) is 34.6 Å². The van der Waals surface area contributed by atoms with Gasteiger partial charge in [0.1, 0.15) is 34.3 Å². The van der Waals surface area contributed by atoms with E-state index in [-0.39, 0.29) is 24.0 Å². The van der Waals surface area contributed by atoms with Crippen molar-refractivity contribution < 1.29 is 28.7 Å². The highest BCUT2D eigenvalue weighted by Gasteiger charge is 2.39. The van der Waals surface area contributed by atoms with Crippen LogP contribution in [0.5, 0.6) is 17.2 Å². The van der Waals surface area contributed by atoms with Crippen molar-refractivity contribution in [1.29, 1.82) is 0 Å². The minimum absolute atomic E-state index is 0.0169. The van der Waals surface area contributed by atoms with E-state index in [0.717, 1.165) is 11.3 Å². The Labute approximate surface area is 256 Å². The van der Waals surface area contributed by atoms with E-state index < -0.39 is 16.4 Å². The summed E-state index contributed by atoms with van der Waals surface area (Å²) in [5.74, 6) is 0.282. The number of fused-ring (bicyclic) bond motifs is 1. The molecule has 1 amide bonds. The third kappa shape index (κ3) is 5.73. The van der Waals surface area contributed by atoms with Crippen molar-refractivity contribution in [2.75, 3.05) is 24.4 Å². The minimum Gasteiger partial charge on any atom is -0.496 e. The predicted octanol–water partition coefficient (Wildman–Crippen LogP) is 7.26. The first-order valence-electron chi connectivity index (χ1n) is 13.1. The molecule has 0 saturated carbocycles. The van der Waals surface area contributed by atoms with Crippen molar-refractivity contribution in [3.05, 3.63) is 91.1 Å². The molecular formula is C31H28ClN3O7S. The minimum atomic E-state index is -0.841. The molecule has 0 unspecified atom stereocenters. The molecule has 12 heteroatoms. The zero-order valence-corrected chi connectivity index (χ0v) is 25.6. The number of non-ortho nitro benzene ring substituents is 1. The average Bonchev–Trinajstić information content (AvgIpc) is 3.41. The number of benzene rings is 3. The fourth-order valence-corrected chi connectivity index (χ4v) is 5.99. The second-order valence-corrected chi connectivity index (χ2v) is 11.8. The number of ether oxygens (including phenoxy) is 3. The molecule has 222 valence electrons. The van der Waals surface area contributed by atoms with E-state index in [0.29, 0.717) is 43.8 Å². The van der Waals surface area contributed by atoms with E-state index in [9.17, 15) is 19.7 Å². The van der Waals surface area contributed by atoms with Crippen LogP contribution in [0.4, 0.5) is 17.1 Å². The number of rotatable bonds is 8. The Kier molecular flexibility index (Phi) is 8.04. The molecule has 0 atom stereocenters. The van der Waals surface area contributed by atoms with Crippen LogP contribution >= 0.6 is 22.9 Å². The summed E-state index contributed by atoms with van der Waals surface area (Å²) >= 11 is 7.28. The highest BCUT2D eigenvalue weighted by atomic mass is 35.5. The molecule has 3 aromatic carbocycles. The van der Waals surface area contributed by atoms with Crippen LogP contribution in [0.2, 0.25) is 5.02 Å². The molecular weight excluding hydrogens is 594 g/mol. The zero-order valence-electron chi connectivity index (χ0n) is 24.0. The largest absolute Gasteiger partial charge is 0.496 e. The van der Waals surface area contributed by atoms with Gasteiger partial charge in [0.25, 0.3) is 11.6 Å². The van der Waals surface area contributed by atoms with E-state index in [1.165, 1.54) is 30.6 Å². The molecule has 0 radical (unpaired) electrons. The number of methoxy groups -OCH3 is 1. The van der Waals surface area contributed by atoms with E-state index in [1.54, 1.807) is 68.4 Å². The smallest absolute Gasteiger partial charge is 0.355 e. The number of aryl methyl sites for hydroxylation is 1. The Morgan fingerprint density at radius 2 is 1.84 bits per heavy atom. The molecule has 5 rings (SSSR count). The topological polar surface area (TPSA) is 120 Å². The van der Waals surface area contributed by atoms with Crippen LogP contribution in [0.25, 0.3) is 11.1 Å². The number of carbonyl (C=O) groups is 2. The fraction of sp³-hybridized carbons (Fsp3) is 0.226. The van der Waals surface area contributed by atoms with Gasteiger partial charge in [-0.1, -0.05) is 17.7 Å². The number of nitrogens with zero attached hydrogens (tertiary/aromatic N) is 2. The van der Waals surface area contributed by atoms with Crippen LogP contribution in [-0.4, -0.2) is 36.5 Å². The summed E-state index contributed by atoms with van der Waals surface area (Å²) in [6.07, 6.45) is 0. The van der Waals surface area contributed by atoms with E-state index in [4.69, 9.17) is 25.8 Å². The molecule has 10 nitrogen and oxygen atoms in total. The number of nitro groups is 1. The summed E-state index contributed by atoms with van der Waals surface area (Å²) in [5.41, 5.74) is 3.11. The van der Waals surface area contributed by atoms with Crippen molar-refractivity contribution in [1.82, 2.24) is 0 Å². The number of thiophene rings is 1. The average molecular weight is 622 g/mol. The standard InChI is InChI=1S/C31H28ClN3O7S/c1-17-6-7-18(35(38)39)14-25(17)41-16-22-20(10-11-24-27(22)34(4)30(37)31(2,3)33-24)21-9-8-19(15-26(21)40-5)42-29(36)28-23(32)12-13-43-28/h6-15,33H,16H2,1-5H3. The fourth-order valence-electron chi connectivity index (χ4n) is 4.99. The van der Waals surface area contributed by atoms with Crippen LogP contribution in [0, 0.1) is 17.0 Å². The van der Waals surface area contributed by atoms with Crippen LogP contribution in [0.15, 0.2) is 60.0 Å². The summed E-state index contributed by atoms with van der Waals surface area (Å²) < 4.78 is 17.5. The second-order valence-electron chi connectivity index (χ2n) is 10.4. The van der Waals surface area contributed by atoms with Crippen molar-refractivity contribution in [3.63, 3.8) is 0 Å². The molecule has 2 heterocycles. The summed E-state index contributed by atoms with van der Waals surface area (Å²) in [4.78, 5) is 38.8. The van der Waals surface area contributed by atoms with Gasteiger partial charge in [-0.25, -0.2) is 4.79 Å². The Morgan fingerprint density at radius 3 is 2.51 bits per heavy atom. The van der Waals surface area contributed by atoms with Crippen LogP contribution in [0.3, 0.4) is 0 Å². The second kappa shape index (κ2) is 11.6. The lowest BCUT2D eigenvalue weighted by molar-refractivity contribution is -0.385. The number of nitro benzene ring substituents is 1. The monoisotopic (exact) mass is 621 g/mol. The summed E-state index contributed by atoms with van der Waals surface area (Å²) in [5, 5.41) is 16.7. The number of nitrogens with one attached hydrogen (secondary N) is 1. The molecule has 0 bridgehead atoms. The molecule has 0 spiro atoms. The maximum Gasteiger partial charge on any atom is 0.355 e. The Balaban J connectivity index is 1.59. The van der Waals surface area contributed by atoms with Gasteiger partial charge in [-0.15, -0.1) is 11.3 Å².